The number of methoxy groups -OCH3 is 2. The third-order valence-electron chi connectivity index (χ3n) is 1.77. The van der Waals surface area contributed by atoms with Gasteiger partial charge in [-0.15, -0.1) is 0 Å². The molecule has 13 heavy (non-hydrogen) atoms. The number of hydrogen-bond donors (Lipinski definition) is 1. The van der Waals surface area contributed by atoms with Crippen molar-refractivity contribution in [2.75, 3.05) is 47.1 Å². The first-order chi connectivity index (χ1) is 6.20. The standard InChI is InChI=1S/C9H22N2O2/c1-9(10)8-11(4-6-12-2)5-7-13-3/h9H,4-8,10H2,1-3H3. The normalized spacial score (nSPS) is 13.6. The van der Waals surface area contributed by atoms with Crippen LogP contribution in [0.5, 0.6) is 0 Å². The Balaban J connectivity index is 3.60. The van der Waals surface area contributed by atoms with Crippen LogP contribution in [-0.4, -0.2) is 58.0 Å². The van der Waals surface area contributed by atoms with Gasteiger partial charge >= 0.3 is 0 Å². The lowest BCUT2D eigenvalue weighted by atomic mass is 10.3. The van der Waals surface area contributed by atoms with Gasteiger partial charge in [-0.2, -0.15) is 0 Å². The molecule has 0 radical (unpaired) electrons. The second kappa shape index (κ2) is 8.44. The van der Waals surface area contributed by atoms with Crippen molar-refractivity contribution in [1.82, 2.24) is 4.90 Å². The van der Waals surface area contributed by atoms with E-state index in [2.05, 4.69) is 4.90 Å². The van der Waals surface area contributed by atoms with Gasteiger partial charge in [0.25, 0.3) is 0 Å². The molecule has 4 heteroatoms. The second-order valence-electron chi connectivity index (χ2n) is 3.26. The van der Waals surface area contributed by atoms with Crippen molar-refractivity contribution in [2.45, 2.75) is 13.0 Å². The summed E-state index contributed by atoms with van der Waals surface area (Å²) >= 11 is 0. The monoisotopic (exact) mass is 190 g/mol. The van der Waals surface area contributed by atoms with Crippen molar-refractivity contribution in [3.05, 3.63) is 0 Å². The van der Waals surface area contributed by atoms with E-state index >= 15 is 0 Å². The van der Waals surface area contributed by atoms with Gasteiger partial charge in [0.2, 0.25) is 0 Å². The Hall–Kier alpha value is -0.160. The van der Waals surface area contributed by atoms with Gasteiger partial charge in [0.1, 0.15) is 0 Å². The first-order valence-electron chi connectivity index (χ1n) is 4.66. The van der Waals surface area contributed by atoms with Crippen molar-refractivity contribution in [1.29, 1.82) is 0 Å². The molecule has 0 rings (SSSR count). The molecular formula is C9H22N2O2. The van der Waals surface area contributed by atoms with Crippen LogP contribution < -0.4 is 5.73 Å². The molecule has 0 aliphatic carbocycles. The zero-order chi connectivity index (χ0) is 10.1. The van der Waals surface area contributed by atoms with Crippen molar-refractivity contribution < 1.29 is 9.47 Å². The summed E-state index contributed by atoms with van der Waals surface area (Å²) in [6.07, 6.45) is 0. The predicted molar refractivity (Wildman–Crippen MR) is 53.8 cm³/mol. The van der Waals surface area contributed by atoms with Crippen LogP contribution in [0.25, 0.3) is 0 Å². The zero-order valence-electron chi connectivity index (χ0n) is 8.95. The average Bonchev–Trinajstić information content (AvgIpc) is 2.09. The van der Waals surface area contributed by atoms with Crippen LogP contribution in [0, 0.1) is 0 Å². The Morgan fingerprint density at radius 3 is 1.92 bits per heavy atom. The fourth-order valence-electron chi connectivity index (χ4n) is 1.14. The van der Waals surface area contributed by atoms with E-state index in [1.165, 1.54) is 0 Å². The maximum absolute atomic E-state index is 5.71. The van der Waals surface area contributed by atoms with Crippen LogP contribution in [-0.2, 0) is 9.47 Å². The largest absolute Gasteiger partial charge is 0.383 e. The minimum Gasteiger partial charge on any atom is -0.383 e. The minimum atomic E-state index is 0.203. The van der Waals surface area contributed by atoms with E-state index in [1.54, 1.807) is 14.2 Å². The Morgan fingerprint density at radius 2 is 1.62 bits per heavy atom. The number of nitrogens with zero attached hydrogens (tertiary/aromatic N) is 1. The van der Waals surface area contributed by atoms with Gasteiger partial charge in [-0.05, 0) is 6.92 Å². The lowest BCUT2D eigenvalue weighted by molar-refractivity contribution is 0.111. The summed E-state index contributed by atoms with van der Waals surface area (Å²) in [7, 11) is 3.42. The highest BCUT2D eigenvalue weighted by Crippen LogP contribution is 1.91. The van der Waals surface area contributed by atoms with Gasteiger partial charge in [-0.25, -0.2) is 0 Å². The highest BCUT2D eigenvalue weighted by atomic mass is 16.5. The molecule has 0 aliphatic rings. The molecule has 0 fully saturated rings. The molecule has 0 bridgehead atoms. The molecule has 0 spiro atoms. The van der Waals surface area contributed by atoms with E-state index in [0.717, 1.165) is 32.8 Å². The summed E-state index contributed by atoms with van der Waals surface area (Å²) in [6.45, 7) is 6.23. The Bertz CT molecular complexity index is 102. The molecule has 0 heterocycles. The zero-order valence-corrected chi connectivity index (χ0v) is 8.95. The van der Waals surface area contributed by atoms with Crippen LogP contribution in [0.1, 0.15) is 6.92 Å². The number of rotatable bonds is 8. The fourth-order valence-corrected chi connectivity index (χ4v) is 1.14. The summed E-state index contributed by atoms with van der Waals surface area (Å²) in [4.78, 5) is 2.25. The SMILES string of the molecule is COCCN(CCOC)CC(C)N. The molecule has 0 amide bonds. The summed E-state index contributed by atoms with van der Waals surface area (Å²) < 4.78 is 10.0. The van der Waals surface area contributed by atoms with E-state index in [4.69, 9.17) is 15.2 Å². The topological polar surface area (TPSA) is 47.7 Å². The quantitative estimate of drug-likeness (QED) is 0.582. The lowest BCUT2D eigenvalue weighted by Crippen LogP contribution is -2.39. The average molecular weight is 190 g/mol. The van der Waals surface area contributed by atoms with Crippen LogP contribution in [0.2, 0.25) is 0 Å². The second-order valence-corrected chi connectivity index (χ2v) is 3.26. The van der Waals surface area contributed by atoms with Crippen LogP contribution in [0.15, 0.2) is 0 Å². The van der Waals surface area contributed by atoms with Gasteiger partial charge in [0.05, 0.1) is 13.2 Å². The molecule has 0 saturated carbocycles. The van der Waals surface area contributed by atoms with E-state index < -0.39 is 0 Å². The van der Waals surface area contributed by atoms with Crippen molar-refractivity contribution >= 4 is 0 Å². The molecule has 0 aromatic rings. The highest BCUT2D eigenvalue weighted by molar-refractivity contribution is 4.63. The third-order valence-corrected chi connectivity index (χ3v) is 1.77. The van der Waals surface area contributed by atoms with E-state index in [9.17, 15) is 0 Å². The Morgan fingerprint density at radius 1 is 1.15 bits per heavy atom. The van der Waals surface area contributed by atoms with Gasteiger partial charge in [-0.1, -0.05) is 0 Å². The summed E-state index contributed by atoms with van der Waals surface area (Å²) in [6, 6.07) is 0.203. The Kier molecular flexibility index (Phi) is 8.33. The first-order valence-corrected chi connectivity index (χ1v) is 4.66. The van der Waals surface area contributed by atoms with E-state index in [0.29, 0.717) is 0 Å². The summed E-state index contributed by atoms with van der Waals surface area (Å²) in [5.41, 5.74) is 5.71. The third kappa shape index (κ3) is 8.18. The number of nitrogens with two attached hydrogens (primary N) is 1. The van der Waals surface area contributed by atoms with Gasteiger partial charge < -0.3 is 15.2 Å². The van der Waals surface area contributed by atoms with Gasteiger partial charge in [0, 0.05) is 39.9 Å². The molecule has 1 unspecified atom stereocenters. The minimum absolute atomic E-state index is 0.203. The molecule has 4 nitrogen and oxygen atoms in total. The van der Waals surface area contributed by atoms with Crippen LogP contribution in [0.3, 0.4) is 0 Å². The molecule has 0 saturated heterocycles. The van der Waals surface area contributed by atoms with E-state index in [-0.39, 0.29) is 6.04 Å². The lowest BCUT2D eigenvalue weighted by Gasteiger charge is -2.23. The smallest absolute Gasteiger partial charge is 0.0589 e. The van der Waals surface area contributed by atoms with Crippen molar-refractivity contribution in [2.24, 2.45) is 5.73 Å². The summed E-state index contributed by atoms with van der Waals surface area (Å²) in [5, 5.41) is 0. The molecule has 0 aliphatic heterocycles. The van der Waals surface area contributed by atoms with Crippen molar-refractivity contribution in [3.8, 4) is 0 Å². The Labute approximate surface area is 81.0 Å². The fraction of sp³-hybridized carbons (Fsp3) is 1.00. The van der Waals surface area contributed by atoms with Crippen molar-refractivity contribution in [3.63, 3.8) is 0 Å². The van der Waals surface area contributed by atoms with E-state index in [1.807, 2.05) is 6.92 Å². The summed E-state index contributed by atoms with van der Waals surface area (Å²) in [5.74, 6) is 0. The molecule has 1 atom stereocenters. The number of ether oxygens (including phenoxy) is 2. The number of hydrogen-bond acceptors (Lipinski definition) is 4. The molecule has 2 N–H and O–H groups in total. The maximum Gasteiger partial charge on any atom is 0.0589 e. The van der Waals surface area contributed by atoms with Crippen LogP contribution in [0.4, 0.5) is 0 Å². The van der Waals surface area contributed by atoms with Crippen LogP contribution >= 0.6 is 0 Å². The molecule has 80 valence electrons. The maximum atomic E-state index is 5.71. The molecule has 0 aromatic carbocycles. The van der Waals surface area contributed by atoms with Gasteiger partial charge in [-0.3, -0.25) is 4.90 Å². The molecule has 0 aromatic heterocycles. The van der Waals surface area contributed by atoms with Gasteiger partial charge in [0.15, 0.2) is 0 Å². The predicted octanol–water partition coefficient (Wildman–Crippen LogP) is -0.0716. The first kappa shape index (κ1) is 12.8. The molecular weight excluding hydrogens is 168 g/mol. The highest BCUT2D eigenvalue weighted by Gasteiger charge is 2.06.